The third-order valence-corrected chi connectivity index (χ3v) is 5.94. The topological polar surface area (TPSA) is 88.9 Å². The highest BCUT2D eigenvalue weighted by molar-refractivity contribution is 5.65. The molecule has 0 fully saturated rings. The number of fused-ring (bicyclic) bond motifs is 1. The van der Waals surface area contributed by atoms with E-state index in [1.165, 1.54) is 11.1 Å². The van der Waals surface area contributed by atoms with Crippen molar-refractivity contribution in [2.24, 2.45) is 0 Å². The second-order valence-corrected chi connectivity index (χ2v) is 7.90. The molecule has 0 bridgehead atoms. The quantitative estimate of drug-likeness (QED) is 0.416. The zero-order valence-corrected chi connectivity index (χ0v) is 17.5. The minimum Gasteiger partial charge on any atom is -0.395 e. The van der Waals surface area contributed by atoms with E-state index in [0.29, 0.717) is 30.3 Å². The summed E-state index contributed by atoms with van der Waals surface area (Å²) in [5.74, 6) is 0.338. The summed E-state index contributed by atoms with van der Waals surface area (Å²) in [6.45, 7) is 1.33. The molecule has 1 aromatic heterocycles. The van der Waals surface area contributed by atoms with Crippen LogP contribution in [0.15, 0.2) is 67.0 Å². The van der Waals surface area contributed by atoms with Gasteiger partial charge in [-0.25, -0.2) is 0 Å². The third kappa shape index (κ3) is 4.88. The second kappa shape index (κ2) is 9.92. The largest absolute Gasteiger partial charge is 0.395 e. The number of benzene rings is 2. The van der Waals surface area contributed by atoms with Crippen molar-refractivity contribution in [1.29, 1.82) is 0 Å². The van der Waals surface area contributed by atoms with Crippen LogP contribution in [0.5, 0.6) is 0 Å². The molecule has 0 aliphatic heterocycles. The zero-order chi connectivity index (χ0) is 21.6. The number of aliphatic hydroxyl groups is 3. The molecule has 1 aliphatic rings. The van der Waals surface area contributed by atoms with Gasteiger partial charge in [-0.05, 0) is 60.7 Å². The first kappa shape index (κ1) is 21.3. The average molecular weight is 420 g/mol. The van der Waals surface area contributed by atoms with Crippen molar-refractivity contribution in [3.8, 4) is 0 Å². The molecule has 162 valence electrons. The van der Waals surface area contributed by atoms with Gasteiger partial charge in [0.15, 0.2) is 6.29 Å². The molecular formula is C25H29N3O3. The summed E-state index contributed by atoms with van der Waals surface area (Å²) in [5, 5.41) is 32.1. The average Bonchev–Trinajstić information content (AvgIpc) is 2.81. The van der Waals surface area contributed by atoms with E-state index >= 15 is 0 Å². The fourth-order valence-electron chi connectivity index (χ4n) is 4.41. The fraction of sp³-hybridized carbons (Fsp3) is 0.320. The first-order valence-corrected chi connectivity index (χ1v) is 10.8. The van der Waals surface area contributed by atoms with E-state index in [9.17, 15) is 15.3 Å². The lowest BCUT2D eigenvalue weighted by Gasteiger charge is -2.30. The highest BCUT2D eigenvalue weighted by Gasteiger charge is 2.22. The van der Waals surface area contributed by atoms with Gasteiger partial charge in [0.05, 0.1) is 18.5 Å². The molecule has 6 nitrogen and oxygen atoms in total. The highest BCUT2D eigenvalue weighted by Crippen LogP contribution is 2.36. The number of aryl methyl sites for hydroxylation is 1. The first-order valence-electron chi connectivity index (χ1n) is 10.8. The zero-order valence-electron chi connectivity index (χ0n) is 17.5. The summed E-state index contributed by atoms with van der Waals surface area (Å²) in [7, 11) is 0. The molecule has 0 radical (unpaired) electrons. The van der Waals surface area contributed by atoms with E-state index in [-0.39, 0.29) is 6.61 Å². The van der Waals surface area contributed by atoms with Gasteiger partial charge >= 0.3 is 0 Å². The van der Waals surface area contributed by atoms with Gasteiger partial charge in [-0.15, -0.1) is 0 Å². The van der Waals surface area contributed by atoms with E-state index < -0.39 is 6.29 Å². The standard InChI is InChI=1S/C25H29N3O3/c29-14-13-28(20-7-2-1-3-8-20)21-9-10-22-18(15-21)5-4-6-19(22)16-27-24-17-26-12-11-23(24)25(30)31/h1-3,7-12,15,17,19,25,27,29-31H,4-6,13-14,16H2/t19-/m0/s1. The van der Waals surface area contributed by atoms with Crippen molar-refractivity contribution >= 4 is 17.1 Å². The molecular weight excluding hydrogens is 390 g/mol. The van der Waals surface area contributed by atoms with E-state index in [1.54, 1.807) is 18.5 Å². The SMILES string of the molecule is OCCN(c1ccccc1)c1ccc2c(c1)CCC[C@H]2CNc1cnccc1C(O)O. The van der Waals surface area contributed by atoms with Gasteiger partial charge in [0.1, 0.15) is 0 Å². The lowest BCUT2D eigenvalue weighted by Crippen LogP contribution is -2.23. The van der Waals surface area contributed by atoms with Gasteiger partial charge in [-0.3, -0.25) is 4.98 Å². The van der Waals surface area contributed by atoms with Gasteiger partial charge in [0, 0.05) is 42.1 Å². The van der Waals surface area contributed by atoms with Gasteiger partial charge < -0.3 is 25.5 Å². The maximum absolute atomic E-state index is 9.59. The Labute approximate surface area is 182 Å². The molecule has 1 atom stereocenters. The Hall–Kier alpha value is -2.93. The van der Waals surface area contributed by atoms with Crippen LogP contribution in [0.1, 0.15) is 41.7 Å². The Morgan fingerprint density at radius 3 is 2.68 bits per heavy atom. The minimum atomic E-state index is -1.53. The number of nitrogens with zero attached hydrogens (tertiary/aromatic N) is 2. The van der Waals surface area contributed by atoms with Crippen molar-refractivity contribution in [2.75, 3.05) is 29.9 Å². The number of pyridine rings is 1. The highest BCUT2D eigenvalue weighted by atomic mass is 16.5. The number of aromatic nitrogens is 1. The molecule has 2 aromatic carbocycles. The Bertz CT molecular complexity index is 994. The molecule has 0 saturated heterocycles. The lowest BCUT2D eigenvalue weighted by molar-refractivity contribution is -0.0419. The van der Waals surface area contributed by atoms with Gasteiger partial charge in [0.2, 0.25) is 0 Å². The Balaban J connectivity index is 1.55. The summed E-state index contributed by atoms with van der Waals surface area (Å²) < 4.78 is 0. The van der Waals surface area contributed by atoms with Crippen LogP contribution in [0.3, 0.4) is 0 Å². The van der Waals surface area contributed by atoms with Crippen molar-refractivity contribution in [3.63, 3.8) is 0 Å². The van der Waals surface area contributed by atoms with E-state index in [0.717, 1.165) is 30.6 Å². The summed E-state index contributed by atoms with van der Waals surface area (Å²) >= 11 is 0. The molecule has 31 heavy (non-hydrogen) atoms. The predicted octanol–water partition coefficient (Wildman–Crippen LogP) is 3.73. The summed E-state index contributed by atoms with van der Waals surface area (Å²) in [6, 6.07) is 18.3. The lowest BCUT2D eigenvalue weighted by atomic mass is 9.82. The van der Waals surface area contributed by atoms with Crippen LogP contribution in [0, 0.1) is 0 Å². The second-order valence-electron chi connectivity index (χ2n) is 7.90. The summed E-state index contributed by atoms with van der Waals surface area (Å²) in [5.41, 5.74) is 5.91. The molecule has 6 heteroatoms. The van der Waals surface area contributed by atoms with E-state index in [4.69, 9.17) is 0 Å². The molecule has 0 saturated carbocycles. The molecule has 1 aliphatic carbocycles. The number of hydrogen-bond acceptors (Lipinski definition) is 6. The van der Waals surface area contributed by atoms with Gasteiger partial charge in [-0.1, -0.05) is 24.3 Å². The summed E-state index contributed by atoms with van der Waals surface area (Å²) in [4.78, 5) is 6.25. The van der Waals surface area contributed by atoms with Crippen LogP contribution in [0.25, 0.3) is 0 Å². The Morgan fingerprint density at radius 2 is 1.90 bits per heavy atom. The monoisotopic (exact) mass is 419 g/mol. The van der Waals surface area contributed by atoms with Crippen LogP contribution >= 0.6 is 0 Å². The van der Waals surface area contributed by atoms with Crippen LogP contribution in [0.2, 0.25) is 0 Å². The number of rotatable bonds is 8. The Kier molecular flexibility index (Phi) is 6.82. The van der Waals surface area contributed by atoms with Crippen LogP contribution < -0.4 is 10.2 Å². The van der Waals surface area contributed by atoms with Crippen LogP contribution in [-0.2, 0) is 6.42 Å². The fourth-order valence-corrected chi connectivity index (χ4v) is 4.41. The number of hydrogen-bond donors (Lipinski definition) is 4. The van der Waals surface area contributed by atoms with Gasteiger partial charge in [-0.2, -0.15) is 0 Å². The van der Waals surface area contributed by atoms with Crippen molar-refractivity contribution in [3.05, 3.63) is 83.7 Å². The third-order valence-electron chi connectivity index (χ3n) is 5.94. The predicted molar refractivity (Wildman–Crippen MR) is 123 cm³/mol. The van der Waals surface area contributed by atoms with Crippen LogP contribution in [-0.4, -0.2) is 40.0 Å². The van der Waals surface area contributed by atoms with Crippen molar-refractivity contribution in [2.45, 2.75) is 31.5 Å². The molecule has 4 N–H and O–H groups in total. The number of nitrogens with one attached hydrogen (secondary N) is 1. The number of para-hydroxylation sites is 1. The summed E-state index contributed by atoms with van der Waals surface area (Å²) in [6.07, 6.45) is 4.89. The smallest absolute Gasteiger partial charge is 0.180 e. The first-order chi connectivity index (χ1) is 15.2. The molecule has 1 heterocycles. The normalized spacial score (nSPS) is 15.5. The molecule has 3 aromatic rings. The van der Waals surface area contributed by atoms with Crippen LogP contribution in [0.4, 0.5) is 17.1 Å². The van der Waals surface area contributed by atoms with Crippen molar-refractivity contribution in [1.82, 2.24) is 4.98 Å². The number of aliphatic hydroxyl groups excluding tert-OH is 2. The minimum absolute atomic E-state index is 0.0860. The molecule has 0 spiro atoms. The number of anilines is 3. The van der Waals surface area contributed by atoms with Gasteiger partial charge in [0.25, 0.3) is 0 Å². The van der Waals surface area contributed by atoms with E-state index in [2.05, 4.69) is 45.5 Å². The molecule has 4 rings (SSSR count). The van der Waals surface area contributed by atoms with E-state index in [1.807, 2.05) is 18.2 Å². The maximum atomic E-state index is 9.59. The maximum Gasteiger partial charge on any atom is 0.180 e. The Morgan fingerprint density at radius 1 is 1.06 bits per heavy atom. The molecule has 0 unspecified atom stereocenters. The van der Waals surface area contributed by atoms with Crippen molar-refractivity contribution < 1.29 is 15.3 Å². The molecule has 0 amide bonds.